The van der Waals surface area contributed by atoms with Crippen LogP contribution < -0.4 is 5.32 Å². The van der Waals surface area contributed by atoms with Crippen LogP contribution in [0.4, 0.5) is 27.8 Å². The molecule has 0 bridgehead atoms. The molecule has 0 spiro atoms. The summed E-state index contributed by atoms with van der Waals surface area (Å²) in [5.74, 6) is -4.89. The predicted octanol–water partition coefficient (Wildman–Crippen LogP) is 4.90. The van der Waals surface area contributed by atoms with Gasteiger partial charge in [-0.05, 0) is 34.0 Å². The minimum Gasteiger partial charge on any atom is -0.366 e. The third-order valence-corrected chi connectivity index (χ3v) is 4.78. The molecule has 0 aliphatic carbocycles. The second-order valence-corrected chi connectivity index (χ2v) is 7.10. The Labute approximate surface area is 184 Å². The van der Waals surface area contributed by atoms with Gasteiger partial charge in [0.25, 0.3) is 0 Å². The molecule has 33 heavy (non-hydrogen) atoms. The molecule has 4 rings (SSSR count). The molecule has 0 aliphatic rings. The van der Waals surface area contributed by atoms with Gasteiger partial charge in [0.1, 0.15) is 17.3 Å². The normalized spacial score (nSPS) is 12.1. The lowest BCUT2D eigenvalue weighted by Crippen LogP contribution is -2.35. The first-order valence-electron chi connectivity index (χ1n) is 9.62. The van der Waals surface area contributed by atoms with Crippen molar-refractivity contribution in [2.45, 2.75) is 25.6 Å². The van der Waals surface area contributed by atoms with Gasteiger partial charge in [-0.3, -0.25) is 0 Å². The number of aromatic amines is 1. The van der Waals surface area contributed by atoms with Gasteiger partial charge in [0.15, 0.2) is 5.82 Å². The van der Waals surface area contributed by atoms with Gasteiger partial charge in [0.2, 0.25) is 0 Å². The summed E-state index contributed by atoms with van der Waals surface area (Å²) in [5, 5.41) is 16.6. The molecule has 0 aliphatic heterocycles. The van der Waals surface area contributed by atoms with Crippen molar-refractivity contribution in [2.75, 3.05) is 5.32 Å². The zero-order valence-electron chi connectivity index (χ0n) is 17.0. The summed E-state index contributed by atoms with van der Waals surface area (Å²) in [6.07, 6.45) is -5.75. The van der Waals surface area contributed by atoms with E-state index in [0.29, 0.717) is 11.9 Å². The highest BCUT2D eigenvalue weighted by molar-refractivity contribution is 5.80. The highest BCUT2D eigenvalue weighted by Gasteiger charge is 2.60. The van der Waals surface area contributed by atoms with E-state index in [2.05, 4.69) is 35.9 Å². The van der Waals surface area contributed by atoms with Gasteiger partial charge in [-0.25, -0.2) is 15.1 Å². The molecule has 2 heterocycles. The number of alkyl halides is 5. The largest absolute Gasteiger partial charge is 0.459 e. The molecule has 2 N–H and O–H groups in total. The molecule has 0 amide bonds. The molecule has 4 aromatic rings. The van der Waals surface area contributed by atoms with Crippen LogP contribution in [0, 0.1) is 6.92 Å². The first-order chi connectivity index (χ1) is 15.6. The van der Waals surface area contributed by atoms with Gasteiger partial charge < -0.3 is 5.32 Å². The zero-order valence-corrected chi connectivity index (χ0v) is 17.0. The standard InChI is InChI=1S/C21H16F5N7/c1-12-28-17(20(22,23)21(24,25)26)10-18(29-12)27-11-13-6-8-14(9-7-13)15-4-2-3-5-16(15)19-30-32-33-31-19/h2-10H,11H2,1H3,(H,27,28,29)(H,30,31,32,33). The molecular weight excluding hydrogens is 445 g/mol. The summed E-state index contributed by atoms with van der Waals surface area (Å²) < 4.78 is 65.4. The topological polar surface area (TPSA) is 92.3 Å². The Morgan fingerprint density at radius 2 is 1.61 bits per heavy atom. The van der Waals surface area contributed by atoms with E-state index >= 15 is 0 Å². The van der Waals surface area contributed by atoms with Gasteiger partial charge in [-0.2, -0.15) is 22.0 Å². The number of aryl methyl sites for hydroxylation is 1. The summed E-state index contributed by atoms with van der Waals surface area (Å²) in [7, 11) is 0. The molecule has 0 atom stereocenters. The van der Waals surface area contributed by atoms with Gasteiger partial charge in [0, 0.05) is 18.2 Å². The molecular formula is C21H16F5N7. The Bertz CT molecular complexity index is 1240. The maximum absolute atomic E-state index is 13.7. The fraction of sp³-hybridized carbons (Fsp3) is 0.190. The van der Waals surface area contributed by atoms with E-state index in [0.717, 1.165) is 22.3 Å². The minimum atomic E-state index is -5.75. The first kappa shape index (κ1) is 22.2. The Balaban J connectivity index is 1.52. The van der Waals surface area contributed by atoms with Crippen molar-refractivity contribution < 1.29 is 22.0 Å². The molecule has 7 nitrogen and oxygen atoms in total. The van der Waals surface area contributed by atoms with Crippen molar-refractivity contribution in [2.24, 2.45) is 0 Å². The fourth-order valence-electron chi connectivity index (χ4n) is 3.17. The Kier molecular flexibility index (Phi) is 5.75. The van der Waals surface area contributed by atoms with Crippen molar-refractivity contribution >= 4 is 5.82 Å². The lowest BCUT2D eigenvalue weighted by atomic mass is 9.98. The second-order valence-electron chi connectivity index (χ2n) is 7.10. The van der Waals surface area contributed by atoms with Crippen molar-refractivity contribution in [3.8, 4) is 22.5 Å². The molecule has 170 valence electrons. The molecule has 0 unspecified atom stereocenters. The predicted molar refractivity (Wildman–Crippen MR) is 109 cm³/mol. The third kappa shape index (κ3) is 4.64. The van der Waals surface area contributed by atoms with Crippen LogP contribution in [0.25, 0.3) is 22.5 Å². The monoisotopic (exact) mass is 461 g/mol. The molecule has 2 aromatic heterocycles. The van der Waals surface area contributed by atoms with E-state index in [1.807, 2.05) is 36.4 Å². The lowest BCUT2D eigenvalue weighted by molar-refractivity contribution is -0.291. The van der Waals surface area contributed by atoms with Crippen LogP contribution in [0.15, 0.2) is 54.6 Å². The molecule has 0 saturated carbocycles. The molecule has 0 radical (unpaired) electrons. The number of nitrogens with one attached hydrogen (secondary N) is 2. The highest BCUT2D eigenvalue weighted by atomic mass is 19.4. The van der Waals surface area contributed by atoms with Crippen molar-refractivity contribution in [3.05, 3.63) is 71.7 Å². The van der Waals surface area contributed by atoms with Crippen LogP contribution in [-0.4, -0.2) is 36.8 Å². The summed E-state index contributed by atoms with van der Waals surface area (Å²) in [6, 6.07) is 15.5. The van der Waals surface area contributed by atoms with Crippen LogP contribution in [0.3, 0.4) is 0 Å². The summed E-state index contributed by atoms with van der Waals surface area (Å²) in [4.78, 5) is 7.17. The van der Waals surface area contributed by atoms with E-state index in [1.165, 1.54) is 6.92 Å². The smallest absolute Gasteiger partial charge is 0.366 e. The number of halogens is 5. The van der Waals surface area contributed by atoms with E-state index in [1.54, 1.807) is 12.1 Å². The average molecular weight is 461 g/mol. The number of nitrogens with zero attached hydrogens (tertiary/aromatic N) is 5. The number of benzene rings is 2. The Morgan fingerprint density at radius 1 is 0.909 bits per heavy atom. The number of hydrogen-bond acceptors (Lipinski definition) is 6. The maximum atomic E-state index is 13.7. The highest BCUT2D eigenvalue weighted by Crippen LogP contribution is 2.43. The van der Waals surface area contributed by atoms with Crippen LogP contribution >= 0.6 is 0 Å². The van der Waals surface area contributed by atoms with E-state index in [-0.39, 0.29) is 18.2 Å². The van der Waals surface area contributed by atoms with E-state index in [9.17, 15) is 22.0 Å². The second kappa shape index (κ2) is 8.52. The van der Waals surface area contributed by atoms with Crippen LogP contribution in [0.1, 0.15) is 17.1 Å². The van der Waals surface area contributed by atoms with Crippen LogP contribution in [-0.2, 0) is 12.5 Å². The number of hydrogen-bond donors (Lipinski definition) is 2. The van der Waals surface area contributed by atoms with Crippen LogP contribution in [0.5, 0.6) is 0 Å². The lowest BCUT2D eigenvalue weighted by Gasteiger charge is -2.19. The molecule has 2 aromatic carbocycles. The number of tetrazole rings is 1. The SMILES string of the molecule is Cc1nc(NCc2ccc(-c3ccccc3-c3nnn[nH]3)cc2)cc(C(F)(F)C(F)(F)F)n1. The van der Waals surface area contributed by atoms with Crippen molar-refractivity contribution in [1.29, 1.82) is 0 Å². The number of H-pyrrole nitrogens is 1. The average Bonchev–Trinajstić information content (AvgIpc) is 3.32. The summed E-state index contributed by atoms with van der Waals surface area (Å²) in [5.41, 5.74) is 1.94. The minimum absolute atomic E-state index is 0.131. The Hall–Kier alpha value is -3.96. The quantitative estimate of drug-likeness (QED) is 0.397. The van der Waals surface area contributed by atoms with E-state index < -0.39 is 17.8 Å². The van der Waals surface area contributed by atoms with Gasteiger partial charge in [-0.15, -0.1) is 5.10 Å². The third-order valence-electron chi connectivity index (χ3n) is 4.78. The maximum Gasteiger partial charge on any atom is 0.459 e. The van der Waals surface area contributed by atoms with Gasteiger partial charge in [-0.1, -0.05) is 48.5 Å². The number of rotatable bonds is 6. The number of anilines is 1. The molecule has 0 fully saturated rings. The van der Waals surface area contributed by atoms with Gasteiger partial charge >= 0.3 is 12.1 Å². The molecule has 0 saturated heterocycles. The summed E-state index contributed by atoms with van der Waals surface area (Å²) in [6.45, 7) is 1.40. The van der Waals surface area contributed by atoms with E-state index in [4.69, 9.17) is 0 Å². The molecule has 12 heteroatoms. The van der Waals surface area contributed by atoms with Crippen molar-refractivity contribution in [3.63, 3.8) is 0 Å². The fourth-order valence-corrected chi connectivity index (χ4v) is 3.17. The summed E-state index contributed by atoms with van der Waals surface area (Å²) >= 11 is 0. The van der Waals surface area contributed by atoms with Gasteiger partial charge in [0.05, 0.1) is 0 Å². The zero-order chi connectivity index (χ0) is 23.6. The van der Waals surface area contributed by atoms with Crippen LogP contribution in [0.2, 0.25) is 0 Å². The Morgan fingerprint density at radius 3 is 2.24 bits per heavy atom. The van der Waals surface area contributed by atoms with Crippen molar-refractivity contribution in [1.82, 2.24) is 30.6 Å². The first-order valence-corrected chi connectivity index (χ1v) is 9.62. The number of aromatic nitrogens is 6.